The van der Waals surface area contributed by atoms with Crippen LogP contribution in [0.2, 0.25) is 0 Å². The van der Waals surface area contributed by atoms with Crippen molar-refractivity contribution in [1.82, 2.24) is 4.90 Å². The zero-order valence-electron chi connectivity index (χ0n) is 7.28. The van der Waals surface area contributed by atoms with Gasteiger partial charge in [0.15, 0.2) is 0 Å². The predicted octanol–water partition coefficient (Wildman–Crippen LogP) is 0.648. The Morgan fingerprint density at radius 2 is 1.83 bits per heavy atom. The molecule has 1 rings (SSSR count). The number of anilines is 1. The molecule has 0 amide bonds. The molecule has 1 N–H and O–H groups in total. The van der Waals surface area contributed by atoms with Crippen molar-refractivity contribution in [3.63, 3.8) is 0 Å². The van der Waals surface area contributed by atoms with Crippen LogP contribution in [-0.4, -0.2) is 39.2 Å². The molecule has 0 bridgehead atoms. The van der Waals surface area contributed by atoms with Gasteiger partial charge in [0.05, 0.1) is 0 Å². The summed E-state index contributed by atoms with van der Waals surface area (Å²) in [5.74, 6) is 0. The summed E-state index contributed by atoms with van der Waals surface area (Å²) in [7, 11) is 4.01. The molecule has 0 aliphatic carbocycles. The Labute approximate surface area is 80.9 Å². The molecule has 0 fully saturated rings. The Balaban J connectivity index is 2.59. The maximum atomic E-state index is 3.26. The minimum absolute atomic E-state index is 1.08. The normalized spacial score (nSPS) is 9.92. The van der Waals surface area contributed by atoms with Crippen molar-refractivity contribution in [2.24, 2.45) is 0 Å². The third kappa shape index (κ3) is 2.78. The van der Waals surface area contributed by atoms with Crippen LogP contribution in [0, 0.1) is 0 Å². The Hall–Kier alpha value is -0.631. The van der Waals surface area contributed by atoms with Crippen LogP contribution in [0.3, 0.4) is 0 Å². The van der Waals surface area contributed by atoms with E-state index in [0.29, 0.717) is 0 Å². The van der Waals surface area contributed by atoms with E-state index in [1.807, 2.05) is 49.3 Å². The number of hydrogen-bond donors (Lipinski definition) is 1. The molecule has 1 aromatic rings. The first-order valence-corrected chi connectivity index (χ1v) is 4.69. The summed E-state index contributed by atoms with van der Waals surface area (Å²) >= 11 is 2.50. The van der Waals surface area contributed by atoms with Gasteiger partial charge in [-0.2, -0.15) is 0 Å². The van der Waals surface area contributed by atoms with E-state index in [9.17, 15) is 0 Å². The van der Waals surface area contributed by atoms with Crippen molar-refractivity contribution in [3.05, 3.63) is 30.3 Å². The molecule has 0 aromatic heterocycles. The van der Waals surface area contributed by atoms with Crippen molar-refractivity contribution in [3.8, 4) is 0 Å². The molecule has 0 heterocycles. The molecule has 3 heteroatoms. The van der Waals surface area contributed by atoms with Crippen LogP contribution in [0.5, 0.6) is 0 Å². The van der Waals surface area contributed by atoms with E-state index in [1.54, 1.807) is 0 Å². The summed E-state index contributed by atoms with van der Waals surface area (Å²) in [5, 5.41) is 3.26. The molecule has 0 aliphatic heterocycles. The number of hydrogen-bond acceptors (Lipinski definition) is 2. The molecule has 2 nitrogen and oxygen atoms in total. The average Bonchev–Trinajstić information content (AvgIpc) is 2.06. The first-order chi connectivity index (χ1) is 5.70. The molecule has 0 spiro atoms. The van der Waals surface area contributed by atoms with Gasteiger partial charge in [-0.15, -0.1) is 0 Å². The Bertz CT molecular complexity index is 256. The molecule has 0 saturated carbocycles. The number of nitrogens with zero attached hydrogens (tertiary/aromatic N) is 1. The van der Waals surface area contributed by atoms with E-state index in [2.05, 4.69) is 20.9 Å². The first kappa shape index (κ1) is 9.46. The summed E-state index contributed by atoms with van der Waals surface area (Å²) in [6.45, 7) is 0. The van der Waals surface area contributed by atoms with Gasteiger partial charge in [-0.05, 0) is 0 Å². The second-order valence-electron chi connectivity index (χ2n) is 2.71. The van der Waals surface area contributed by atoms with Gasteiger partial charge in [0.25, 0.3) is 0 Å². The fourth-order valence-electron chi connectivity index (χ4n) is 0.762. The topological polar surface area (TPSA) is 15.3 Å². The zero-order chi connectivity index (χ0) is 8.97. The molecule has 65 valence electrons. The van der Waals surface area contributed by atoms with Crippen LogP contribution in [0.25, 0.3) is 0 Å². The van der Waals surface area contributed by atoms with E-state index in [0.717, 1.165) is 10.4 Å². The molecule has 0 unspecified atom stereocenters. The molecule has 0 atom stereocenters. The summed E-state index contributed by atoms with van der Waals surface area (Å²) in [6, 6.07) is 10.1. The number of rotatable bonds is 3. The van der Waals surface area contributed by atoms with Crippen LogP contribution < -0.4 is 5.32 Å². The van der Waals surface area contributed by atoms with E-state index in [-0.39, 0.29) is 0 Å². The van der Waals surface area contributed by atoms with Crippen LogP contribution >= 0.6 is 0 Å². The van der Waals surface area contributed by atoms with Crippen molar-refractivity contribution in [2.45, 2.75) is 0 Å². The van der Waals surface area contributed by atoms with Gasteiger partial charge in [0.1, 0.15) is 0 Å². The second kappa shape index (κ2) is 4.41. The average molecular weight is 228 g/mol. The minimum atomic E-state index is 1.08. The Morgan fingerprint density at radius 3 is 2.33 bits per heavy atom. The fraction of sp³-hybridized carbons (Fsp3) is 0.222. The van der Waals surface area contributed by atoms with Gasteiger partial charge in [0, 0.05) is 0 Å². The fourth-order valence-corrected chi connectivity index (χ4v) is 1.03. The number of benzene rings is 1. The third-order valence-corrected chi connectivity index (χ3v) is 2.53. The molecule has 1 aromatic carbocycles. The predicted molar refractivity (Wildman–Crippen MR) is 55.9 cm³/mol. The van der Waals surface area contributed by atoms with Crippen molar-refractivity contribution < 1.29 is 0 Å². The zero-order valence-corrected chi connectivity index (χ0v) is 9.16. The third-order valence-electron chi connectivity index (χ3n) is 1.45. The van der Waals surface area contributed by atoms with Gasteiger partial charge >= 0.3 is 80.6 Å². The van der Waals surface area contributed by atoms with Crippen LogP contribution in [0.15, 0.2) is 30.3 Å². The monoisotopic (exact) mass is 229 g/mol. The second-order valence-corrected chi connectivity index (χ2v) is 3.60. The van der Waals surface area contributed by atoms with E-state index in [4.69, 9.17) is 0 Å². The summed E-state index contributed by atoms with van der Waals surface area (Å²) in [4.78, 5) is 2.02. The van der Waals surface area contributed by atoms with Crippen LogP contribution in [-0.2, 0) is 0 Å². The molecule has 12 heavy (non-hydrogen) atoms. The van der Waals surface area contributed by atoms with E-state index < -0.39 is 0 Å². The Kier molecular flexibility index (Phi) is 3.47. The van der Waals surface area contributed by atoms with Crippen molar-refractivity contribution >= 4 is 25.9 Å². The van der Waals surface area contributed by atoms with Gasteiger partial charge in [-0.1, -0.05) is 0 Å². The first-order valence-electron chi connectivity index (χ1n) is 3.75. The molecule has 0 aliphatic rings. The molecular formula is C9H13N2Se. The van der Waals surface area contributed by atoms with Crippen LogP contribution in [0.4, 0.5) is 5.69 Å². The van der Waals surface area contributed by atoms with Crippen molar-refractivity contribution in [1.29, 1.82) is 0 Å². The molecular weight excluding hydrogens is 215 g/mol. The summed E-state index contributed by atoms with van der Waals surface area (Å²) < 4.78 is 1.08. The SMILES string of the molecule is CN(C)C(=[SeH])Nc1ccccc1. The molecule has 0 saturated heterocycles. The van der Waals surface area contributed by atoms with E-state index >= 15 is 0 Å². The Morgan fingerprint density at radius 1 is 1.25 bits per heavy atom. The van der Waals surface area contributed by atoms with Gasteiger partial charge in [0.2, 0.25) is 0 Å². The number of para-hydroxylation sites is 1. The van der Waals surface area contributed by atoms with E-state index in [1.165, 1.54) is 0 Å². The maximum absolute atomic E-state index is 3.26. The van der Waals surface area contributed by atoms with Gasteiger partial charge in [-0.3, -0.25) is 0 Å². The quantitative estimate of drug-likeness (QED) is 0.764. The van der Waals surface area contributed by atoms with Crippen LogP contribution in [0.1, 0.15) is 0 Å². The van der Waals surface area contributed by atoms with Gasteiger partial charge < -0.3 is 0 Å². The number of nitrogens with one attached hydrogen (secondary N) is 1. The molecule has 1 radical (unpaired) electrons. The summed E-state index contributed by atoms with van der Waals surface area (Å²) in [5.41, 5.74) is 1.11. The van der Waals surface area contributed by atoms with Crippen molar-refractivity contribution in [2.75, 3.05) is 19.4 Å². The standard InChI is InChI=1S/C9H13N2Se/c1-11(2)9(12)10-8-6-4-3-5-7-8/h3-7,10,12H,1-2H3. The summed E-state index contributed by atoms with van der Waals surface area (Å²) in [6.07, 6.45) is 0. The van der Waals surface area contributed by atoms with Gasteiger partial charge in [-0.25, -0.2) is 0 Å².